The predicted molar refractivity (Wildman–Crippen MR) is 112 cm³/mol. The maximum Gasteiger partial charge on any atom is 0.225 e. The highest BCUT2D eigenvalue weighted by molar-refractivity contribution is 5.94. The molecule has 0 fully saturated rings. The molecule has 4 heteroatoms. The average Bonchev–Trinajstić information content (AvgIpc) is 2.92. The minimum Gasteiger partial charge on any atom is -0.310 e. The van der Waals surface area contributed by atoms with Crippen molar-refractivity contribution >= 4 is 17.4 Å². The zero-order valence-corrected chi connectivity index (χ0v) is 16.9. The molecule has 0 saturated heterocycles. The summed E-state index contributed by atoms with van der Waals surface area (Å²) in [5.74, 6) is 1.10. The molecule has 142 valence electrons. The van der Waals surface area contributed by atoms with E-state index in [0.29, 0.717) is 12.3 Å². The Hall–Kier alpha value is -2.62. The van der Waals surface area contributed by atoms with Crippen LogP contribution in [0.2, 0.25) is 0 Å². The van der Waals surface area contributed by atoms with E-state index < -0.39 is 0 Å². The molecule has 0 radical (unpaired) electrons. The number of nitrogens with one attached hydrogen (secondary N) is 1. The van der Waals surface area contributed by atoms with Gasteiger partial charge in [0.1, 0.15) is 17.2 Å². The van der Waals surface area contributed by atoms with Crippen molar-refractivity contribution in [3.8, 4) is 11.3 Å². The van der Waals surface area contributed by atoms with Crippen LogP contribution in [0.3, 0.4) is 0 Å². The van der Waals surface area contributed by atoms with Gasteiger partial charge in [0, 0.05) is 18.2 Å². The van der Waals surface area contributed by atoms with E-state index in [0.717, 1.165) is 29.1 Å². The molecule has 1 aromatic carbocycles. The third kappa shape index (κ3) is 4.76. The number of rotatable bonds is 5. The number of amides is 1. The number of nitrogens with zero attached hydrogens (tertiary/aromatic N) is 2. The number of anilines is 1. The fourth-order valence-corrected chi connectivity index (χ4v) is 3.65. The summed E-state index contributed by atoms with van der Waals surface area (Å²) in [6.07, 6.45) is 3.46. The fourth-order valence-electron chi connectivity index (χ4n) is 3.65. The maximum absolute atomic E-state index is 12.7. The summed E-state index contributed by atoms with van der Waals surface area (Å²) in [7, 11) is 0. The number of fused-ring (bicyclic) bond motifs is 1. The molecule has 1 atom stereocenters. The first-order chi connectivity index (χ1) is 12.7. The molecule has 4 nitrogen and oxygen atoms in total. The van der Waals surface area contributed by atoms with E-state index in [-0.39, 0.29) is 11.3 Å². The number of hydrogen-bond donors (Lipinski definition) is 1. The molecular weight excluding hydrogens is 334 g/mol. The van der Waals surface area contributed by atoms with Gasteiger partial charge in [-0.15, -0.1) is 0 Å². The second-order valence-corrected chi connectivity index (χ2v) is 8.73. The van der Waals surface area contributed by atoms with Gasteiger partial charge in [-0.05, 0) is 36.8 Å². The van der Waals surface area contributed by atoms with E-state index in [1.165, 1.54) is 5.56 Å². The molecule has 0 spiro atoms. The average molecular weight is 364 g/mol. The zero-order chi connectivity index (χ0) is 19.6. The smallest absolute Gasteiger partial charge is 0.225 e. The number of carbonyl (C=O) groups is 1. The van der Waals surface area contributed by atoms with E-state index in [4.69, 9.17) is 4.98 Å². The topological polar surface area (TPSA) is 46.4 Å². The highest BCUT2D eigenvalue weighted by Crippen LogP contribution is 2.30. The van der Waals surface area contributed by atoms with Gasteiger partial charge in [-0.3, -0.25) is 9.20 Å². The van der Waals surface area contributed by atoms with Crippen LogP contribution < -0.4 is 5.32 Å². The molecule has 2 heterocycles. The van der Waals surface area contributed by atoms with Crippen LogP contribution in [0.25, 0.3) is 16.9 Å². The Morgan fingerprint density at radius 2 is 1.85 bits per heavy atom. The molecule has 0 aliphatic heterocycles. The second-order valence-electron chi connectivity index (χ2n) is 8.73. The molecule has 0 unspecified atom stereocenters. The molecule has 2 aromatic heterocycles. The third-order valence-corrected chi connectivity index (χ3v) is 4.61. The fraction of sp³-hybridized carbons (Fsp3) is 0.391. The monoisotopic (exact) mass is 363 g/mol. The minimum absolute atomic E-state index is 0.0331. The molecule has 1 N–H and O–H groups in total. The number of aromatic nitrogens is 2. The van der Waals surface area contributed by atoms with Crippen molar-refractivity contribution in [2.24, 2.45) is 11.3 Å². The van der Waals surface area contributed by atoms with Crippen LogP contribution in [0.4, 0.5) is 5.82 Å². The number of carbonyl (C=O) groups excluding carboxylic acids is 1. The first kappa shape index (κ1) is 19.2. The Morgan fingerprint density at radius 1 is 1.15 bits per heavy atom. The number of hydrogen-bond acceptors (Lipinski definition) is 2. The Morgan fingerprint density at radius 3 is 2.52 bits per heavy atom. The standard InChI is InChI=1S/C23H29N3O/c1-16-9-11-18(12-10-16)21-22(26-13-7-6-8-19(26)24-21)25-20(27)14-17(2)15-23(3,4)5/h6-13,17H,14-15H2,1-5H3,(H,25,27)/t17-/m0/s1. The van der Waals surface area contributed by atoms with Crippen molar-refractivity contribution in [2.45, 2.75) is 47.5 Å². The van der Waals surface area contributed by atoms with Gasteiger partial charge >= 0.3 is 0 Å². The Labute approximate surface area is 161 Å². The minimum atomic E-state index is 0.0331. The summed E-state index contributed by atoms with van der Waals surface area (Å²) in [5, 5.41) is 3.12. The van der Waals surface area contributed by atoms with Crippen LogP contribution in [-0.4, -0.2) is 15.3 Å². The van der Waals surface area contributed by atoms with Crippen molar-refractivity contribution in [1.29, 1.82) is 0 Å². The lowest BCUT2D eigenvalue weighted by molar-refractivity contribution is -0.117. The number of aryl methyl sites for hydroxylation is 1. The summed E-state index contributed by atoms with van der Waals surface area (Å²) in [6, 6.07) is 14.1. The van der Waals surface area contributed by atoms with E-state index >= 15 is 0 Å². The van der Waals surface area contributed by atoms with Crippen LogP contribution in [0.1, 0.15) is 46.1 Å². The third-order valence-electron chi connectivity index (χ3n) is 4.61. The first-order valence-electron chi connectivity index (χ1n) is 9.57. The largest absolute Gasteiger partial charge is 0.310 e. The molecule has 27 heavy (non-hydrogen) atoms. The molecule has 3 aromatic rings. The molecule has 0 aliphatic rings. The van der Waals surface area contributed by atoms with E-state index in [2.05, 4.69) is 64.2 Å². The van der Waals surface area contributed by atoms with Gasteiger partial charge in [-0.1, -0.05) is 63.6 Å². The lowest BCUT2D eigenvalue weighted by atomic mass is 9.84. The maximum atomic E-state index is 12.7. The SMILES string of the molecule is Cc1ccc(-c2nc3ccccn3c2NC(=O)C[C@H](C)CC(C)(C)C)cc1. The van der Waals surface area contributed by atoms with Gasteiger partial charge in [0.2, 0.25) is 5.91 Å². The lowest BCUT2D eigenvalue weighted by Crippen LogP contribution is -2.19. The zero-order valence-electron chi connectivity index (χ0n) is 16.9. The van der Waals surface area contributed by atoms with Crippen molar-refractivity contribution in [1.82, 2.24) is 9.38 Å². The number of benzene rings is 1. The second kappa shape index (κ2) is 7.55. The lowest BCUT2D eigenvalue weighted by Gasteiger charge is -2.22. The van der Waals surface area contributed by atoms with Crippen LogP contribution >= 0.6 is 0 Å². The van der Waals surface area contributed by atoms with E-state index in [1.807, 2.05) is 28.8 Å². The quantitative estimate of drug-likeness (QED) is 0.631. The van der Waals surface area contributed by atoms with Crippen LogP contribution in [-0.2, 0) is 4.79 Å². The Kier molecular flexibility index (Phi) is 5.36. The number of imidazole rings is 1. The van der Waals surface area contributed by atoms with Gasteiger partial charge in [0.25, 0.3) is 0 Å². The van der Waals surface area contributed by atoms with Gasteiger partial charge in [-0.25, -0.2) is 4.98 Å². The Bertz CT molecular complexity index is 932. The summed E-state index contributed by atoms with van der Waals surface area (Å²) < 4.78 is 1.95. The van der Waals surface area contributed by atoms with Crippen molar-refractivity contribution < 1.29 is 4.79 Å². The summed E-state index contributed by atoms with van der Waals surface area (Å²) in [6.45, 7) is 10.8. The molecule has 3 rings (SSSR count). The Balaban J connectivity index is 1.89. The first-order valence-corrected chi connectivity index (χ1v) is 9.57. The molecule has 0 bridgehead atoms. The van der Waals surface area contributed by atoms with Gasteiger partial charge in [-0.2, -0.15) is 0 Å². The summed E-state index contributed by atoms with van der Waals surface area (Å²) >= 11 is 0. The predicted octanol–water partition coefficient (Wildman–Crippen LogP) is 5.71. The van der Waals surface area contributed by atoms with E-state index in [1.54, 1.807) is 0 Å². The molecule has 1 amide bonds. The highest BCUT2D eigenvalue weighted by atomic mass is 16.1. The molecule has 0 aliphatic carbocycles. The van der Waals surface area contributed by atoms with Gasteiger partial charge in [0.15, 0.2) is 0 Å². The van der Waals surface area contributed by atoms with Crippen LogP contribution in [0.5, 0.6) is 0 Å². The van der Waals surface area contributed by atoms with Crippen molar-refractivity contribution in [3.05, 3.63) is 54.2 Å². The number of pyridine rings is 1. The molecular formula is C23H29N3O. The van der Waals surface area contributed by atoms with Gasteiger partial charge in [0.05, 0.1) is 0 Å². The summed E-state index contributed by atoms with van der Waals surface area (Å²) in [5.41, 5.74) is 4.05. The van der Waals surface area contributed by atoms with Crippen LogP contribution in [0, 0.1) is 18.3 Å². The normalized spacial score (nSPS) is 12.9. The highest BCUT2D eigenvalue weighted by Gasteiger charge is 2.20. The molecule has 0 saturated carbocycles. The van der Waals surface area contributed by atoms with Crippen LogP contribution in [0.15, 0.2) is 48.7 Å². The van der Waals surface area contributed by atoms with Crippen molar-refractivity contribution in [3.63, 3.8) is 0 Å². The van der Waals surface area contributed by atoms with Gasteiger partial charge < -0.3 is 5.32 Å². The summed E-state index contributed by atoms with van der Waals surface area (Å²) in [4.78, 5) is 17.5. The van der Waals surface area contributed by atoms with Crippen molar-refractivity contribution in [2.75, 3.05) is 5.32 Å². The van der Waals surface area contributed by atoms with E-state index in [9.17, 15) is 4.79 Å².